The number of rotatable bonds is 18. The Balaban J connectivity index is 1.98. The zero-order valence-electron chi connectivity index (χ0n) is 27.4. The molecule has 3 N–H and O–H groups in total. The maximum absolute atomic E-state index is 13.0. The topological polar surface area (TPSA) is 109 Å². The van der Waals surface area contributed by atoms with Crippen LogP contribution in [0.5, 0.6) is 0 Å². The van der Waals surface area contributed by atoms with Crippen LogP contribution in [0.1, 0.15) is 129 Å². The molecule has 0 amide bonds. The Morgan fingerprint density at radius 1 is 1.17 bits per heavy atom. The van der Waals surface area contributed by atoms with Crippen molar-refractivity contribution in [3.63, 3.8) is 0 Å². The maximum Gasteiger partial charge on any atom is 0.198 e. The molecule has 8 atom stereocenters. The third kappa shape index (κ3) is 8.76. The summed E-state index contributed by atoms with van der Waals surface area (Å²) in [7, 11) is -1.83. The Kier molecular flexibility index (Phi) is 13.8. The van der Waals surface area contributed by atoms with Gasteiger partial charge in [-0.05, 0) is 88.6 Å². The van der Waals surface area contributed by atoms with Gasteiger partial charge in [0.05, 0.1) is 29.5 Å². The molecular weight excluding hydrogens is 536 g/mol. The summed E-state index contributed by atoms with van der Waals surface area (Å²) in [5, 5.41) is 31.5. The van der Waals surface area contributed by atoms with E-state index >= 15 is 0 Å². The average Bonchev–Trinajstić information content (AvgIpc) is 3.47. The summed E-state index contributed by atoms with van der Waals surface area (Å²) in [6.07, 6.45) is 3.20. The molecule has 1 aromatic heterocycles. The number of ether oxygens (including phenoxy) is 1. The van der Waals surface area contributed by atoms with Gasteiger partial charge in [-0.15, -0.1) is 0 Å². The van der Waals surface area contributed by atoms with E-state index in [-0.39, 0.29) is 60.8 Å². The van der Waals surface area contributed by atoms with Crippen molar-refractivity contribution in [3.05, 3.63) is 23.7 Å². The van der Waals surface area contributed by atoms with Gasteiger partial charge >= 0.3 is 0 Å². The predicted octanol–water partition coefficient (Wildman–Crippen LogP) is 7.24. The second-order valence-electron chi connectivity index (χ2n) is 13.0. The lowest BCUT2D eigenvalue weighted by molar-refractivity contribution is -0.209. The number of aliphatic hydroxyl groups excluding tert-OH is 2. The van der Waals surface area contributed by atoms with Crippen molar-refractivity contribution < 1.29 is 33.7 Å². The van der Waals surface area contributed by atoms with E-state index < -0.39 is 20.0 Å². The van der Waals surface area contributed by atoms with E-state index in [9.17, 15) is 20.1 Å². The monoisotopic (exact) mass is 596 g/mol. The third-order valence-corrected chi connectivity index (χ3v) is 15.1. The summed E-state index contributed by atoms with van der Waals surface area (Å²) in [4.78, 5) is 13.0. The molecule has 0 saturated carbocycles. The lowest BCUT2D eigenvalue weighted by atomic mass is 9.80. The number of hydrogen-bond acceptors (Lipinski definition) is 7. The van der Waals surface area contributed by atoms with Crippen molar-refractivity contribution in [1.82, 2.24) is 0 Å². The van der Waals surface area contributed by atoms with Crippen LogP contribution in [-0.2, 0) is 9.16 Å². The second kappa shape index (κ2) is 15.6. The molecule has 2 heterocycles. The zero-order valence-corrected chi connectivity index (χ0v) is 28.4. The Labute approximate surface area is 250 Å². The Bertz CT molecular complexity index is 914. The van der Waals surface area contributed by atoms with Crippen LogP contribution >= 0.6 is 0 Å². The van der Waals surface area contributed by atoms with E-state index in [1.165, 1.54) is 0 Å². The summed E-state index contributed by atoms with van der Waals surface area (Å²) in [5.41, 5.74) is -1.46. The molecule has 1 aromatic rings. The van der Waals surface area contributed by atoms with Gasteiger partial charge in [0.15, 0.2) is 19.9 Å². The van der Waals surface area contributed by atoms with E-state index in [1.54, 1.807) is 13.0 Å². The van der Waals surface area contributed by atoms with E-state index in [1.807, 2.05) is 26.8 Å². The summed E-state index contributed by atoms with van der Waals surface area (Å²) < 4.78 is 19.4. The van der Waals surface area contributed by atoms with Crippen molar-refractivity contribution in [2.75, 3.05) is 6.61 Å². The van der Waals surface area contributed by atoms with E-state index in [2.05, 4.69) is 34.6 Å². The van der Waals surface area contributed by atoms with Crippen LogP contribution in [0.25, 0.3) is 0 Å². The van der Waals surface area contributed by atoms with Crippen LogP contribution < -0.4 is 0 Å². The second-order valence-corrected chi connectivity index (χ2v) is 17.7. The minimum Gasteiger partial charge on any atom is -0.458 e. The highest BCUT2D eigenvalue weighted by Gasteiger charge is 2.50. The van der Waals surface area contributed by atoms with Gasteiger partial charge in [0.1, 0.15) is 5.76 Å². The van der Waals surface area contributed by atoms with Gasteiger partial charge in [0.2, 0.25) is 0 Å². The number of Topliss-reactive ketones (excluding diaryl/α,β-unsaturated/α-hetero) is 1. The van der Waals surface area contributed by atoms with Gasteiger partial charge in [-0.1, -0.05) is 48.5 Å². The van der Waals surface area contributed by atoms with Crippen LogP contribution in [0.3, 0.4) is 0 Å². The summed E-state index contributed by atoms with van der Waals surface area (Å²) in [6, 6.07) is 6.82. The van der Waals surface area contributed by atoms with Crippen LogP contribution in [-0.4, -0.2) is 65.5 Å². The van der Waals surface area contributed by atoms with Crippen molar-refractivity contribution in [2.24, 2.45) is 11.8 Å². The van der Waals surface area contributed by atoms with Gasteiger partial charge in [0.25, 0.3) is 0 Å². The van der Waals surface area contributed by atoms with E-state index in [0.29, 0.717) is 24.4 Å². The largest absolute Gasteiger partial charge is 0.458 e. The average molecular weight is 597 g/mol. The third-order valence-electron chi connectivity index (χ3n) is 10.4. The van der Waals surface area contributed by atoms with Gasteiger partial charge in [-0.25, -0.2) is 0 Å². The highest BCUT2D eigenvalue weighted by atomic mass is 28.4. The number of carbonyl (C=O) groups excluding carboxylic acids is 1. The van der Waals surface area contributed by atoms with Gasteiger partial charge in [-0.3, -0.25) is 4.79 Å². The van der Waals surface area contributed by atoms with Crippen LogP contribution in [0.4, 0.5) is 0 Å². The fourth-order valence-corrected chi connectivity index (χ4v) is 9.93. The number of hydrogen-bond donors (Lipinski definition) is 3. The van der Waals surface area contributed by atoms with Crippen LogP contribution in [0, 0.1) is 11.8 Å². The molecule has 0 aliphatic carbocycles. The quantitative estimate of drug-likeness (QED) is 0.121. The Hall–Kier alpha value is -1.03. The molecule has 2 rings (SSSR count). The van der Waals surface area contributed by atoms with Crippen molar-refractivity contribution in [3.8, 4) is 0 Å². The van der Waals surface area contributed by atoms with Gasteiger partial charge in [-0.2, -0.15) is 0 Å². The van der Waals surface area contributed by atoms with Crippen molar-refractivity contribution in [2.45, 2.75) is 161 Å². The van der Waals surface area contributed by atoms with Gasteiger partial charge in [0, 0.05) is 24.9 Å². The Morgan fingerprint density at radius 2 is 1.80 bits per heavy atom. The molecule has 0 bridgehead atoms. The first-order valence-electron chi connectivity index (χ1n) is 16.3. The molecule has 1 aliphatic rings. The molecule has 8 heteroatoms. The molecule has 41 heavy (non-hydrogen) atoms. The maximum atomic E-state index is 13.0. The fourth-order valence-electron chi connectivity index (χ4n) is 6.72. The normalized spacial score (nSPS) is 26.2. The first kappa shape index (κ1) is 36.2. The van der Waals surface area contributed by atoms with Crippen molar-refractivity contribution >= 4 is 14.1 Å². The summed E-state index contributed by atoms with van der Waals surface area (Å²) in [5.74, 6) is 0.744. The standard InChI is InChI=1S/C33H60O7Si/c1-10-26(22-34)31(36)24(7)21-23(6)28-15-16-29(39-28)27(35)17-19-32(9,37)30-18-20-33(11-2,25(8)38-30)40-41(12-3,13-4)14-5/h15-16,23-26,30-31,34,36-37H,10-14,17-22H2,1-9H3/t23-,24+,25+,26+,30-,31+,32+,33-/m1/s1. The smallest absolute Gasteiger partial charge is 0.198 e. The number of furan rings is 1. The molecule has 0 spiro atoms. The molecule has 0 unspecified atom stereocenters. The first-order chi connectivity index (χ1) is 19.3. The Morgan fingerprint density at radius 3 is 2.32 bits per heavy atom. The lowest BCUT2D eigenvalue weighted by Crippen LogP contribution is -2.59. The van der Waals surface area contributed by atoms with Gasteiger partial charge < -0.3 is 28.9 Å². The van der Waals surface area contributed by atoms with E-state index in [0.717, 1.165) is 37.4 Å². The highest BCUT2D eigenvalue weighted by Crippen LogP contribution is 2.43. The molecule has 1 saturated heterocycles. The van der Waals surface area contributed by atoms with E-state index in [4.69, 9.17) is 13.6 Å². The number of carbonyl (C=O) groups is 1. The summed E-state index contributed by atoms with van der Waals surface area (Å²) in [6.45, 7) is 18.7. The molecular formula is C33H60O7Si. The number of ketones is 1. The zero-order chi connectivity index (χ0) is 31.0. The molecule has 1 fully saturated rings. The molecule has 7 nitrogen and oxygen atoms in total. The minimum atomic E-state index is -1.83. The lowest BCUT2D eigenvalue weighted by Gasteiger charge is -2.51. The predicted molar refractivity (Wildman–Crippen MR) is 167 cm³/mol. The fraction of sp³-hybridized carbons (Fsp3) is 0.848. The molecule has 1 aliphatic heterocycles. The first-order valence-corrected chi connectivity index (χ1v) is 18.8. The summed E-state index contributed by atoms with van der Waals surface area (Å²) >= 11 is 0. The van der Waals surface area contributed by atoms with Crippen molar-refractivity contribution in [1.29, 1.82) is 0 Å². The SMILES string of the molecule is CC[C@@H](CO)[C@@H](O)[C@@H](C)C[C@@H](C)c1ccc(C(=O)CC[C@](C)(O)[C@H]2CC[C@@](CC)(O[Si](CC)(CC)CC)[C@H](C)O2)o1. The molecule has 238 valence electrons. The minimum absolute atomic E-state index is 0.0131. The molecule has 0 aromatic carbocycles. The van der Waals surface area contributed by atoms with Crippen LogP contribution in [0.2, 0.25) is 18.1 Å². The van der Waals surface area contributed by atoms with Crippen LogP contribution in [0.15, 0.2) is 16.5 Å². The molecule has 0 radical (unpaired) electrons. The highest BCUT2D eigenvalue weighted by molar-refractivity contribution is 6.73. The number of aliphatic hydroxyl groups is 3.